The smallest absolute Gasteiger partial charge is 0.224 e. The highest BCUT2D eigenvalue weighted by Crippen LogP contribution is 2.27. The molecule has 2 aromatic carbocycles. The number of nitrogens with one attached hydrogen (secondary N) is 2. The van der Waals surface area contributed by atoms with Gasteiger partial charge in [-0.1, -0.05) is 17.7 Å². The van der Waals surface area contributed by atoms with Gasteiger partial charge in [-0.05, 0) is 60.9 Å². The minimum absolute atomic E-state index is 0.567. The Hall–Kier alpha value is -2.99. The van der Waals surface area contributed by atoms with Crippen molar-refractivity contribution in [3.05, 3.63) is 64.8 Å². The van der Waals surface area contributed by atoms with E-state index in [9.17, 15) is 0 Å². The predicted molar refractivity (Wildman–Crippen MR) is 113 cm³/mol. The summed E-state index contributed by atoms with van der Waals surface area (Å²) >= 11 is 6.01. The first-order valence-electron chi connectivity index (χ1n) is 8.90. The Bertz CT molecular complexity index is 949. The summed E-state index contributed by atoms with van der Waals surface area (Å²) in [4.78, 5) is 8.79. The fraction of sp³-hybridized carbons (Fsp3) is 0.238. The molecule has 0 aliphatic carbocycles. The van der Waals surface area contributed by atoms with Crippen LogP contribution in [0.15, 0.2) is 48.7 Å². The van der Waals surface area contributed by atoms with Crippen LogP contribution < -0.4 is 20.1 Å². The Kier molecular flexibility index (Phi) is 6.55. The van der Waals surface area contributed by atoms with Gasteiger partial charge in [-0.3, -0.25) is 0 Å². The van der Waals surface area contributed by atoms with Crippen LogP contribution in [0.2, 0.25) is 5.02 Å². The van der Waals surface area contributed by atoms with Crippen molar-refractivity contribution < 1.29 is 9.47 Å². The summed E-state index contributed by atoms with van der Waals surface area (Å²) in [6.07, 6.45) is 2.52. The van der Waals surface area contributed by atoms with Crippen molar-refractivity contribution in [2.24, 2.45) is 0 Å². The zero-order valence-electron chi connectivity index (χ0n) is 16.1. The van der Waals surface area contributed by atoms with E-state index < -0.39 is 0 Å². The van der Waals surface area contributed by atoms with Crippen molar-refractivity contribution in [1.29, 1.82) is 0 Å². The molecule has 0 fully saturated rings. The van der Waals surface area contributed by atoms with Crippen molar-refractivity contribution in [2.75, 3.05) is 31.4 Å². The Morgan fingerprint density at radius 3 is 2.57 bits per heavy atom. The molecular weight excluding hydrogens is 376 g/mol. The number of aromatic nitrogens is 2. The molecule has 0 radical (unpaired) electrons. The lowest BCUT2D eigenvalue weighted by Crippen LogP contribution is -2.09. The molecular formula is C21H23ClN4O2. The number of ether oxygens (including phenoxy) is 2. The molecule has 0 aliphatic rings. The van der Waals surface area contributed by atoms with Gasteiger partial charge in [0.25, 0.3) is 0 Å². The molecule has 1 aromatic heterocycles. The third-order valence-corrected chi connectivity index (χ3v) is 4.49. The van der Waals surface area contributed by atoms with Crippen LogP contribution in [0, 0.1) is 6.92 Å². The standard InChI is InChI=1S/C21H23ClN4O2/c1-14-12-16(22)5-6-17(14)25-20-9-11-24-21(26-20)23-10-8-15-4-7-18(27-2)19(13-15)28-3/h4-7,9,11-13H,8,10H2,1-3H3,(H2,23,24,25,26). The zero-order valence-corrected chi connectivity index (χ0v) is 16.9. The van der Waals surface area contributed by atoms with Gasteiger partial charge in [-0.25, -0.2) is 4.98 Å². The number of nitrogens with zero attached hydrogens (tertiary/aromatic N) is 2. The van der Waals surface area contributed by atoms with Gasteiger partial charge in [-0.2, -0.15) is 4.98 Å². The second-order valence-corrected chi connectivity index (χ2v) is 6.65. The lowest BCUT2D eigenvalue weighted by molar-refractivity contribution is 0.354. The first-order chi connectivity index (χ1) is 13.6. The molecule has 28 heavy (non-hydrogen) atoms. The van der Waals surface area contributed by atoms with Crippen LogP contribution >= 0.6 is 11.6 Å². The van der Waals surface area contributed by atoms with E-state index in [-0.39, 0.29) is 0 Å². The molecule has 0 atom stereocenters. The van der Waals surface area contributed by atoms with Gasteiger partial charge in [0.15, 0.2) is 11.5 Å². The zero-order chi connectivity index (χ0) is 19.9. The Morgan fingerprint density at radius 1 is 1.00 bits per heavy atom. The van der Waals surface area contributed by atoms with Gasteiger partial charge < -0.3 is 20.1 Å². The summed E-state index contributed by atoms with van der Waals surface area (Å²) < 4.78 is 10.6. The molecule has 3 rings (SSSR count). The Balaban J connectivity index is 1.60. The molecule has 1 heterocycles. The van der Waals surface area contributed by atoms with Gasteiger partial charge in [0.1, 0.15) is 5.82 Å². The van der Waals surface area contributed by atoms with Crippen LogP contribution in [0.5, 0.6) is 11.5 Å². The third-order valence-electron chi connectivity index (χ3n) is 4.25. The van der Waals surface area contributed by atoms with Gasteiger partial charge >= 0.3 is 0 Å². The number of benzene rings is 2. The van der Waals surface area contributed by atoms with Crippen molar-refractivity contribution >= 4 is 29.1 Å². The molecule has 0 saturated carbocycles. The lowest BCUT2D eigenvalue weighted by Gasteiger charge is -2.11. The molecule has 146 valence electrons. The second-order valence-electron chi connectivity index (χ2n) is 6.22. The number of anilines is 3. The SMILES string of the molecule is COc1ccc(CCNc2nccc(Nc3ccc(Cl)cc3C)n2)cc1OC. The Labute approximate surface area is 169 Å². The van der Waals surface area contributed by atoms with E-state index in [1.54, 1.807) is 20.4 Å². The highest BCUT2D eigenvalue weighted by atomic mass is 35.5. The number of halogens is 1. The normalized spacial score (nSPS) is 10.4. The molecule has 7 heteroatoms. The van der Waals surface area contributed by atoms with E-state index in [1.807, 2.05) is 49.4 Å². The first kappa shape index (κ1) is 19.8. The predicted octanol–water partition coefficient (Wildman–Crippen LogP) is 4.85. The minimum atomic E-state index is 0.567. The van der Waals surface area contributed by atoms with E-state index in [0.29, 0.717) is 23.3 Å². The quantitative estimate of drug-likeness (QED) is 0.565. The average Bonchev–Trinajstić information content (AvgIpc) is 2.70. The van der Waals surface area contributed by atoms with Gasteiger partial charge in [0.2, 0.25) is 5.95 Å². The maximum Gasteiger partial charge on any atom is 0.224 e. The summed E-state index contributed by atoms with van der Waals surface area (Å²) in [5, 5.41) is 7.26. The third kappa shape index (κ3) is 5.04. The number of rotatable bonds is 8. The van der Waals surface area contributed by atoms with Crippen LogP contribution in [-0.2, 0) is 6.42 Å². The summed E-state index contributed by atoms with van der Waals surface area (Å²) in [6, 6.07) is 13.4. The minimum Gasteiger partial charge on any atom is -0.493 e. The Morgan fingerprint density at radius 2 is 1.82 bits per heavy atom. The van der Waals surface area contributed by atoms with Gasteiger partial charge in [-0.15, -0.1) is 0 Å². The molecule has 2 N–H and O–H groups in total. The molecule has 0 unspecified atom stereocenters. The first-order valence-corrected chi connectivity index (χ1v) is 9.28. The van der Waals surface area contributed by atoms with Crippen LogP contribution in [0.4, 0.5) is 17.5 Å². The van der Waals surface area contributed by atoms with E-state index in [2.05, 4.69) is 20.6 Å². The monoisotopic (exact) mass is 398 g/mol. The molecule has 0 amide bonds. The lowest BCUT2D eigenvalue weighted by atomic mass is 10.1. The van der Waals surface area contributed by atoms with E-state index in [0.717, 1.165) is 34.7 Å². The highest BCUT2D eigenvalue weighted by molar-refractivity contribution is 6.30. The molecule has 0 spiro atoms. The number of methoxy groups -OCH3 is 2. The topological polar surface area (TPSA) is 68.3 Å². The van der Waals surface area contributed by atoms with Crippen LogP contribution in [0.3, 0.4) is 0 Å². The molecule has 0 bridgehead atoms. The maximum absolute atomic E-state index is 6.01. The summed E-state index contributed by atoms with van der Waals surface area (Å²) in [6.45, 7) is 2.69. The molecule has 3 aromatic rings. The van der Waals surface area contributed by atoms with Crippen molar-refractivity contribution in [3.63, 3.8) is 0 Å². The van der Waals surface area contributed by atoms with Crippen molar-refractivity contribution in [3.8, 4) is 11.5 Å². The van der Waals surface area contributed by atoms with Crippen LogP contribution in [0.1, 0.15) is 11.1 Å². The summed E-state index contributed by atoms with van der Waals surface area (Å²) in [7, 11) is 3.26. The van der Waals surface area contributed by atoms with E-state index in [4.69, 9.17) is 21.1 Å². The molecule has 6 nitrogen and oxygen atoms in total. The molecule has 0 saturated heterocycles. The van der Waals surface area contributed by atoms with E-state index in [1.165, 1.54) is 0 Å². The number of aryl methyl sites for hydroxylation is 1. The number of hydrogen-bond donors (Lipinski definition) is 2. The average molecular weight is 399 g/mol. The largest absolute Gasteiger partial charge is 0.493 e. The highest BCUT2D eigenvalue weighted by Gasteiger charge is 2.06. The van der Waals surface area contributed by atoms with Crippen molar-refractivity contribution in [1.82, 2.24) is 9.97 Å². The van der Waals surface area contributed by atoms with Gasteiger partial charge in [0.05, 0.1) is 14.2 Å². The van der Waals surface area contributed by atoms with Crippen molar-refractivity contribution in [2.45, 2.75) is 13.3 Å². The summed E-state index contributed by atoms with van der Waals surface area (Å²) in [5.41, 5.74) is 3.14. The van der Waals surface area contributed by atoms with Crippen LogP contribution in [0.25, 0.3) is 0 Å². The van der Waals surface area contributed by atoms with E-state index >= 15 is 0 Å². The molecule has 0 aliphatic heterocycles. The fourth-order valence-corrected chi connectivity index (χ4v) is 3.00. The second kappa shape index (κ2) is 9.28. The fourth-order valence-electron chi connectivity index (χ4n) is 2.77. The van der Waals surface area contributed by atoms with Crippen LogP contribution in [-0.4, -0.2) is 30.7 Å². The van der Waals surface area contributed by atoms with Gasteiger partial charge in [0, 0.05) is 23.5 Å². The number of hydrogen-bond acceptors (Lipinski definition) is 6. The summed E-state index contributed by atoms with van der Waals surface area (Å²) in [5.74, 6) is 2.73. The maximum atomic E-state index is 6.01.